The van der Waals surface area contributed by atoms with Gasteiger partial charge in [-0.25, -0.2) is 17.9 Å². The molecule has 0 bridgehead atoms. The molecule has 1 heterocycles. The molecule has 0 spiro atoms. The van der Waals surface area contributed by atoms with E-state index in [1.54, 1.807) is 4.72 Å². The normalized spacial score (nSPS) is 11.5. The Labute approximate surface area is 93.4 Å². The lowest BCUT2D eigenvalue weighted by atomic mass is 10.4. The van der Waals surface area contributed by atoms with Gasteiger partial charge in [0.1, 0.15) is 4.90 Å². The number of hydrogen-bond donors (Lipinski definition) is 1. The summed E-state index contributed by atoms with van der Waals surface area (Å²) in [5.74, 6) is 0. The molecule has 0 aliphatic rings. The molecule has 0 aliphatic carbocycles. The second-order valence-corrected chi connectivity index (χ2v) is 5.03. The van der Waals surface area contributed by atoms with Crippen molar-refractivity contribution in [2.45, 2.75) is 24.8 Å². The van der Waals surface area contributed by atoms with Crippen LogP contribution in [0.4, 0.5) is 4.79 Å². The Morgan fingerprint density at radius 2 is 2.19 bits per heavy atom. The minimum Gasteiger partial charge on any atom is -0.452 e. The number of nitrogens with one attached hydrogen (secondary N) is 1. The first kappa shape index (κ1) is 12.5. The molecule has 7 nitrogen and oxygen atoms in total. The van der Waals surface area contributed by atoms with Gasteiger partial charge in [-0.1, -0.05) is 0 Å². The van der Waals surface area contributed by atoms with E-state index in [-0.39, 0.29) is 10.9 Å². The van der Waals surface area contributed by atoms with E-state index >= 15 is 0 Å². The topological polar surface area (TPSA) is 90.3 Å². The van der Waals surface area contributed by atoms with E-state index in [0.29, 0.717) is 0 Å². The lowest BCUT2D eigenvalue weighted by Crippen LogP contribution is -2.30. The Hall–Kier alpha value is -1.57. The van der Waals surface area contributed by atoms with Gasteiger partial charge in [0, 0.05) is 12.2 Å². The molecule has 16 heavy (non-hydrogen) atoms. The fraction of sp³-hybridized carbons (Fsp3) is 0.500. The monoisotopic (exact) mass is 247 g/mol. The Balaban J connectivity index is 2.94. The van der Waals surface area contributed by atoms with Crippen LogP contribution < -0.4 is 4.72 Å². The zero-order valence-corrected chi connectivity index (χ0v) is 9.98. The molecule has 0 atom stereocenters. The summed E-state index contributed by atoms with van der Waals surface area (Å²) in [4.78, 5) is 10.7. The minimum atomic E-state index is -3.89. The molecule has 0 aliphatic heterocycles. The van der Waals surface area contributed by atoms with Crippen LogP contribution in [0.1, 0.15) is 19.9 Å². The highest BCUT2D eigenvalue weighted by Gasteiger charge is 2.20. The molecule has 1 aromatic rings. The van der Waals surface area contributed by atoms with Crippen molar-refractivity contribution in [1.82, 2.24) is 14.5 Å². The highest BCUT2D eigenvalue weighted by molar-refractivity contribution is 7.90. The summed E-state index contributed by atoms with van der Waals surface area (Å²) in [6, 6.07) is 0.0436. The van der Waals surface area contributed by atoms with Gasteiger partial charge < -0.3 is 4.74 Å². The Morgan fingerprint density at radius 1 is 1.56 bits per heavy atom. The van der Waals surface area contributed by atoms with Crippen LogP contribution in [0, 0.1) is 0 Å². The fourth-order valence-electron chi connectivity index (χ4n) is 0.952. The van der Waals surface area contributed by atoms with Crippen molar-refractivity contribution >= 4 is 16.1 Å². The second-order valence-electron chi connectivity index (χ2n) is 3.35. The summed E-state index contributed by atoms with van der Waals surface area (Å²) in [5, 5.41) is 3.86. The first-order valence-corrected chi connectivity index (χ1v) is 6.00. The van der Waals surface area contributed by atoms with Crippen LogP contribution in [-0.4, -0.2) is 31.4 Å². The molecule has 90 valence electrons. The van der Waals surface area contributed by atoms with Gasteiger partial charge >= 0.3 is 6.09 Å². The molecule has 1 rings (SSSR count). The Kier molecular flexibility index (Phi) is 3.53. The van der Waals surface area contributed by atoms with Gasteiger partial charge in [-0.2, -0.15) is 5.10 Å². The van der Waals surface area contributed by atoms with Gasteiger partial charge in [-0.3, -0.25) is 4.68 Å². The lowest BCUT2D eigenvalue weighted by molar-refractivity contribution is 0.177. The maximum absolute atomic E-state index is 11.6. The summed E-state index contributed by atoms with van der Waals surface area (Å²) in [5.41, 5.74) is 0. The zero-order valence-electron chi connectivity index (χ0n) is 9.17. The quantitative estimate of drug-likeness (QED) is 0.840. The third-order valence-corrected chi connectivity index (χ3v) is 3.09. The molecule has 0 radical (unpaired) electrons. The molecule has 0 unspecified atom stereocenters. The Morgan fingerprint density at radius 3 is 2.62 bits per heavy atom. The molecule has 1 amide bonds. The first-order chi connectivity index (χ1) is 7.36. The summed E-state index contributed by atoms with van der Waals surface area (Å²) in [7, 11) is -2.81. The van der Waals surface area contributed by atoms with Crippen molar-refractivity contribution in [1.29, 1.82) is 0 Å². The van der Waals surface area contributed by atoms with E-state index in [4.69, 9.17) is 0 Å². The summed E-state index contributed by atoms with van der Waals surface area (Å²) < 4.78 is 30.6. The third-order valence-electron chi connectivity index (χ3n) is 1.82. The first-order valence-electron chi connectivity index (χ1n) is 4.51. The number of aromatic nitrogens is 2. The van der Waals surface area contributed by atoms with Crippen molar-refractivity contribution in [2.24, 2.45) is 0 Å². The fourth-order valence-corrected chi connectivity index (χ4v) is 1.81. The maximum Gasteiger partial charge on any atom is 0.420 e. The predicted molar refractivity (Wildman–Crippen MR) is 55.3 cm³/mol. The summed E-state index contributed by atoms with van der Waals surface area (Å²) in [6.07, 6.45) is 1.48. The van der Waals surface area contributed by atoms with Crippen LogP contribution >= 0.6 is 0 Å². The number of sulfonamides is 1. The highest BCUT2D eigenvalue weighted by atomic mass is 32.2. The molecule has 0 saturated heterocycles. The molecular weight excluding hydrogens is 234 g/mol. The van der Waals surface area contributed by atoms with Crippen molar-refractivity contribution in [3.63, 3.8) is 0 Å². The second kappa shape index (κ2) is 4.52. The minimum absolute atomic E-state index is 0.0436. The van der Waals surface area contributed by atoms with E-state index in [1.165, 1.54) is 17.1 Å². The summed E-state index contributed by atoms with van der Waals surface area (Å²) >= 11 is 0. The number of ether oxygens (including phenoxy) is 1. The summed E-state index contributed by atoms with van der Waals surface area (Å²) in [6.45, 7) is 3.72. The van der Waals surface area contributed by atoms with Gasteiger partial charge in [0.2, 0.25) is 0 Å². The molecule has 0 saturated carbocycles. The van der Waals surface area contributed by atoms with E-state index < -0.39 is 16.1 Å². The van der Waals surface area contributed by atoms with Gasteiger partial charge in [0.15, 0.2) is 0 Å². The predicted octanol–water partition coefficient (Wildman–Crippen LogP) is 0.509. The Bertz CT molecular complexity index is 477. The number of amides is 1. The molecule has 0 fully saturated rings. The van der Waals surface area contributed by atoms with Gasteiger partial charge in [0.25, 0.3) is 10.0 Å². The number of hydrogen-bond acceptors (Lipinski definition) is 5. The van der Waals surface area contributed by atoms with Crippen molar-refractivity contribution in [2.75, 3.05) is 7.11 Å². The molecule has 1 aromatic heterocycles. The van der Waals surface area contributed by atoms with Crippen LogP contribution in [0.2, 0.25) is 0 Å². The molecular formula is C8H13N3O4S. The van der Waals surface area contributed by atoms with Gasteiger partial charge in [0.05, 0.1) is 13.3 Å². The van der Waals surface area contributed by atoms with Crippen LogP contribution in [0.15, 0.2) is 17.3 Å². The van der Waals surface area contributed by atoms with E-state index in [1.807, 2.05) is 13.8 Å². The third kappa shape index (κ3) is 2.72. The van der Waals surface area contributed by atoms with Crippen molar-refractivity contribution in [3.05, 3.63) is 12.4 Å². The molecule has 8 heteroatoms. The average Bonchev–Trinajstić information content (AvgIpc) is 2.66. The molecule has 0 aromatic carbocycles. The number of methoxy groups -OCH3 is 1. The van der Waals surface area contributed by atoms with Crippen molar-refractivity contribution in [3.8, 4) is 0 Å². The number of rotatable bonds is 3. The average molecular weight is 247 g/mol. The van der Waals surface area contributed by atoms with Gasteiger partial charge in [-0.05, 0) is 13.8 Å². The molecule has 1 N–H and O–H groups in total. The van der Waals surface area contributed by atoms with E-state index in [9.17, 15) is 13.2 Å². The van der Waals surface area contributed by atoms with Crippen LogP contribution in [0.3, 0.4) is 0 Å². The van der Waals surface area contributed by atoms with E-state index in [2.05, 4.69) is 9.84 Å². The number of nitrogens with zero attached hydrogens (tertiary/aromatic N) is 2. The van der Waals surface area contributed by atoms with Crippen LogP contribution in [0.5, 0.6) is 0 Å². The zero-order chi connectivity index (χ0) is 12.3. The SMILES string of the molecule is COC(=O)NS(=O)(=O)c1cnn(C(C)C)c1. The van der Waals surface area contributed by atoms with Crippen LogP contribution in [0.25, 0.3) is 0 Å². The van der Waals surface area contributed by atoms with Crippen LogP contribution in [-0.2, 0) is 14.8 Å². The van der Waals surface area contributed by atoms with Gasteiger partial charge in [-0.15, -0.1) is 0 Å². The lowest BCUT2D eigenvalue weighted by Gasteiger charge is -2.04. The smallest absolute Gasteiger partial charge is 0.420 e. The van der Waals surface area contributed by atoms with Crippen molar-refractivity contribution < 1.29 is 17.9 Å². The largest absolute Gasteiger partial charge is 0.452 e. The highest BCUT2D eigenvalue weighted by Crippen LogP contribution is 2.10. The number of carbonyl (C=O) groups excluding carboxylic acids is 1. The maximum atomic E-state index is 11.6. The van der Waals surface area contributed by atoms with E-state index in [0.717, 1.165) is 7.11 Å². The number of carbonyl (C=O) groups is 1. The standard InChI is InChI=1S/C8H13N3O4S/c1-6(2)11-5-7(4-9-11)16(13,14)10-8(12)15-3/h4-6H,1-3H3,(H,10,12).